The Kier molecular flexibility index (Phi) is 8.52. The quantitative estimate of drug-likeness (QED) is 0.521. The number of hydrogen-bond acceptors (Lipinski definition) is 6. The van der Waals surface area contributed by atoms with Gasteiger partial charge in [-0.05, 0) is 38.0 Å². The summed E-state index contributed by atoms with van der Waals surface area (Å²) in [6.45, 7) is 7.29. The van der Waals surface area contributed by atoms with E-state index in [0.717, 1.165) is 0 Å². The third kappa shape index (κ3) is 5.88. The lowest BCUT2D eigenvalue weighted by atomic mass is 10.2. The Labute approximate surface area is 181 Å². The number of likely N-dealkylation sites (N-methyl/N-ethyl adjacent to an activating group) is 1. The molecule has 1 fully saturated rings. The summed E-state index contributed by atoms with van der Waals surface area (Å²) in [5.74, 6) is -1.38. The lowest BCUT2D eigenvalue weighted by Gasteiger charge is -2.25. The SMILES string of the molecule is C=N/C(=C\N(C)c1cc(F)c(N2CCC(=O)N(CC)CC2)c(F)c1)CNC(=S)OC. The summed E-state index contributed by atoms with van der Waals surface area (Å²) in [5, 5.41) is 3.03. The van der Waals surface area contributed by atoms with E-state index < -0.39 is 11.6 Å². The first kappa shape index (κ1) is 23.5. The van der Waals surface area contributed by atoms with Crippen LogP contribution in [0.15, 0.2) is 29.0 Å². The molecule has 1 aliphatic rings. The summed E-state index contributed by atoms with van der Waals surface area (Å²) in [6.07, 6.45) is 1.82. The largest absolute Gasteiger partial charge is 0.474 e. The van der Waals surface area contributed by atoms with E-state index >= 15 is 0 Å². The Hall–Kier alpha value is -2.75. The first-order valence-corrected chi connectivity index (χ1v) is 9.95. The number of ether oxygens (including phenoxy) is 1. The molecular formula is C20H27F2N5O2S. The molecule has 1 aromatic rings. The molecule has 1 aromatic carbocycles. The van der Waals surface area contributed by atoms with Crippen LogP contribution in [0, 0.1) is 11.6 Å². The topological polar surface area (TPSA) is 60.4 Å². The van der Waals surface area contributed by atoms with Gasteiger partial charge in [0.1, 0.15) is 5.69 Å². The molecule has 30 heavy (non-hydrogen) atoms. The summed E-state index contributed by atoms with van der Waals surface area (Å²) < 4.78 is 34.6. The molecule has 1 saturated heterocycles. The van der Waals surface area contributed by atoms with Crippen LogP contribution < -0.4 is 15.1 Å². The minimum Gasteiger partial charge on any atom is -0.474 e. The van der Waals surface area contributed by atoms with Crippen LogP contribution >= 0.6 is 12.2 Å². The normalized spacial score (nSPS) is 15.0. The number of halogens is 2. The molecule has 0 bridgehead atoms. The highest BCUT2D eigenvalue weighted by atomic mass is 32.1. The number of carbonyl (C=O) groups is 1. The number of hydrogen-bond donors (Lipinski definition) is 1. The van der Waals surface area contributed by atoms with Gasteiger partial charge in [0.2, 0.25) is 5.91 Å². The van der Waals surface area contributed by atoms with Gasteiger partial charge in [-0.1, -0.05) is 0 Å². The maximum Gasteiger partial charge on any atom is 0.256 e. The molecule has 2 rings (SSSR count). The van der Waals surface area contributed by atoms with Crippen molar-refractivity contribution < 1.29 is 18.3 Å². The average Bonchev–Trinajstić information content (AvgIpc) is 2.91. The van der Waals surface area contributed by atoms with E-state index in [4.69, 9.17) is 17.0 Å². The van der Waals surface area contributed by atoms with Gasteiger partial charge in [0.05, 0.1) is 19.4 Å². The zero-order valence-corrected chi connectivity index (χ0v) is 18.3. The van der Waals surface area contributed by atoms with Crippen molar-refractivity contribution in [1.82, 2.24) is 10.2 Å². The zero-order valence-electron chi connectivity index (χ0n) is 17.5. The number of nitrogens with zero attached hydrogens (tertiary/aromatic N) is 4. The lowest BCUT2D eigenvalue weighted by Crippen LogP contribution is -2.33. The van der Waals surface area contributed by atoms with E-state index in [1.807, 2.05) is 6.92 Å². The van der Waals surface area contributed by atoms with E-state index in [9.17, 15) is 13.6 Å². The van der Waals surface area contributed by atoms with Gasteiger partial charge in [-0.15, -0.1) is 0 Å². The first-order chi connectivity index (χ1) is 14.3. The van der Waals surface area contributed by atoms with E-state index in [1.54, 1.807) is 27.9 Å². The third-order valence-corrected chi connectivity index (χ3v) is 5.15. The predicted molar refractivity (Wildman–Crippen MR) is 119 cm³/mol. The highest BCUT2D eigenvalue weighted by Gasteiger charge is 2.24. The van der Waals surface area contributed by atoms with Crippen molar-refractivity contribution in [3.05, 3.63) is 35.7 Å². The van der Waals surface area contributed by atoms with E-state index in [2.05, 4.69) is 17.0 Å². The van der Waals surface area contributed by atoms with Crippen LogP contribution in [-0.2, 0) is 9.53 Å². The van der Waals surface area contributed by atoms with Crippen LogP contribution in [0.3, 0.4) is 0 Å². The number of rotatable bonds is 7. The number of thiocarbonyl (C=S) groups is 1. The molecule has 0 unspecified atom stereocenters. The maximum atomic E-state index is 14.9. The molecule has 0 atom stereocenters. The van der Waals surface area contributed by atoms with Crippen LogP contribution in [0.5, 0.6) is 0 Å². The Balaban J connectivity index is 2.20. The van der Waals surface area contributed by atoms with Gasteiger partial charge in [0.15, 0.2) is 11.6 Å². The third-order valence-electron chi connectivity index (χ3n) is 4.84. The molecule has 1 aliphatic heterocycles. The molecule has 0 radical (unpaired) electrons. The highest BCUT2D eigenvalue weighted by Crippen LogP contribution is 2.29. The Morgan fingerprint density at radius 3 is 2.60 bits per heavy atom. The number of anilines is 2. The molecule has 0 saturated carbocycles. The van der Waals surface area contributed by atoms with Crippen molar-refractivity contribution in [1.29, 1.82) is 0 Å². The Morgan fingerprint density at radius 1 is 1.37 bits per heavy atom. The number of carbonyl (C=O) groups excluding carboxylic acids is 1. The van der Waals surface area contributed by atoms with E-state index in [-0.39, 0.29) is 36.3 Å². The molecule has 7 nitrogen and oxygen atoms in total. The second-order valence-electron chi connectivity index (χ2n) is 6.70. The summed E-state index contributed by atoms with van der Waals surface area (Å²) in [5.41, 5.74) is 0.703. The number of methoxy groups -OCH3 is 1. The molecular weight excluding hydrogens is 412 g/mol. The Bertz CT molecular complexity index is 810. The number of amides is 1. The monoisotopic (exact) mass is 439 g/mol. The number of benzene rings is 1. The van der Waals surface area contributed by atoms with Gasteiger partial charge in [-0.25, -0.2) is 8.78 Å². The molecule has 164 valence electrons. The molecule has 1 heterocycles. The smallest absolute Gasteiger partial charge is 0.256 e. The minimum atomic E-state index is -0.686. The van der Waals surface area contributed by atoms with Crippen LogP contribution in [0.2, 0.25) is 0 Å². The minimum absolute atomic E-state index is 0.00618. The summed E-state index contributed by atoms with van der Waals surface area (Å²) in [6, 6.07) is 2.51. The molecule has 0 spiro atoms. The van der Waals surface area contributed by atoms with Crippen LogP contribution in [0.25, 0.3) is 0 Å². The van der Waals surface area contributed by atoms with Crippen molar-refractivity contribution in [2.24, 2.45) is 4.99 Å². The first-order valence-electron chi connectivity index (χ1n) is 9.54. The van der Waals surface area contributed by atoms with Gasteiger partial charge in [0, 0.05) is 51.5 Å². The van der Waals surface area contributed by atoms with Gasteiger partial charge in [-0.3, -0.25) is 9.79 Å². The van der Waals surface area contributed by atoms with Crippen molar-refractivity contribution >= 4 is 41.4 Å². The molecule has 1 N–H and O–H groups in total. The average molecular weight is 440 g/mol. The van der Waals surface area contributed by atoms with Crippen molar-refractivity contribution in [2.45, 2.75) is 13.3 Å². The maximum absolute atomic E-state index is 14.9. The summed E-state index contributed by atoms with van der Waals surface area (Å²) >= 11 is 4.91. The highest BCUT2D eigenvalue weighted by molar-refractivity contribution is 7.80. The fourth-order valence-electron chi connectivity index (χ4n) is 3.16. The van der Waals surface area contributed by atoms with Crippen molar-refractivity contribution in [2.75, 3.05) is 56.7 Å². The number of aliphatic imine (C=N–C) groups is 1. The van der Waals surface area contributed by atoms with Crippen molar-refractivity contribution in [3.63, 3.8) is 0 Å². The zero-order chi connectivity index (χ0) is 22.3. The molecule has 0 aliphatic carbocycles. The molecule has 10 heteroatoms. The second kappa shape index (κ2) is 10.9. The molecule has 1 amide bonds. The van der Waals surface area contributed by atoms with Crippen LogP contribution in [0.4, 0.5) is 20.2 Å². The molecule has 0 aromatic heterocycles. The van der Waals surface area contributed by atoms with Crippen molar-refractivity contribution in [3.8, 4) is 0 Å². The summed E-state index contributed by atoms with van der Waals surface area (Å²) in [7, 11) is 3.09. The van der Waals surface area contributed by atoms with E-state index in [0.29, 0.717) is 31.0 Å². The van der Waals surface area contributed by atoms with Crippen LogP contribution in [0.1, 0.15) is 13.3 Å². The van der Waals surface area contributed by atoms with Gasteiger partial charge in [-0.2, -0.15) is 0 Å². The van der Waals surface area contributed by atoms with Gasteiger partial charge >= 0.3 is 0 Å². The predicted octanol–water partition coefficient (Wildman–Crippen LogP) is 2.52. The fraction of sp³-hybridized carbons (Fsp3) is 0.450. The second-order valence-corrected chi connectivity index (χ2v) is 7.07. The van der Waals surface area contributed by atoms with E-state index in [1.165, 1.54) is 19.2 Å². The fourth-order valence-corrected chi connectivity index (χ4v) is 3.23. The summed E-state index contributed by atoms with van der Waals surface area (Å²) in [4.78, 5) is 20.8. The van der Waals surface area contributed by atoms with Crippen LogP contribution in [-0.4, -0.2) is 69.6 Å². The Morgan fingerprint density at radius 2 is 2.03 bits per heavy atom. The standard InChI is InChI=1S/C20H27F2N5O2S/c1-5-26-8-9-27(7-6-18(26)28)19-16(21)10-15(11-17(19)22)25(3)13-14(23-2)12-24-20(30)29-4/h10-11,13H,2,5-9,12H2,1,3-4H3,(H,24,30)/b14-13-. The lowest BCUT2D eigenvalue weighted by molar-refractivity contribution is -0.130. The van der Waals surface area contributed by atoms with Gasteiger partial charge in [0.25, 0.3) is 5.17 Å². The number of nitrogens with one attached hydrogen (secondary N) is 1. The van der Waals surface area contributed by atoms with Gasteiger partial charge < -0.3 is 24.8 Å².